The number of phenolic OH excluding ortho intramolecular Hbond substituents is 1. The predicted octanol–water partition coefficient (Wildman–Crippen LogP) is 3.23. The van der Waals surface area contributed by atoms with Crippen LogP contribution < -0.4 is 5.32 Å². The zero-order chi connectivity index (χ0) is 14.0. The van der Waals surface area contributed by atoms with Crippen LogP contribution in [0.5, 0.6) is 5.75 Å². The van der Waals surface area contributed by atoms with Crippen molar-refractivity contribution in [2.24, 2.45) is 0 Å². The second kappa shape index (κ2) is 5.30. The highest BCUT2D eigenvalue weighted by Crippen LogP contribution is 2.19. The van der Waals surface area contributed by atoms with Gasteiger partial charge in [0.25, 0.3) is 0 Å². The van der Waals surface area contributed by atoms with Crippen molar-refractivity contribution in [1.29, 1.82) is 0 Å². The minimum atomic E-state index is -0.415. The number of rotatable bonds is 4. The third-order valence-electron chi connectivity index (χ3n) is 2.95. The Morgan fingerprint density at radius 1 is 1.42 bits per heavy atom. The van der Waals surface area contributed by atoms with Gasteiger partial charge in [0.1, 0.15) is 11.6 Å². The molecule has 1 aromatic carbocycles. The molecule has 0 atom stereocenters. The molecule has 0 aliphatic heterocycles. The normalized spacial score (nSPS) is 11.0. The number of halogens is 1. The van der Waals surface area contributed by atoms with Crippen molar-refractivity contribution in [2.45, 2.75) is 33.4 Å². The molecule has 0 unspecified atom stereocenters. The Balaban J connectivity index is 2.10. The molecule has 0 fully saturated rings. The predicted molar refractivity (Wildman–Crippen MR) is 72.7 cm³/mol. The average molecular weight is 263 g/mol. The maximum absolute atomic E-state index is 13.6. The zero-order valence-electron chi connectivity index (χ0n) is 11.3. The number of nitrogens with zero attached hydrogens (tertiary/aromatic N) is 2. The number of aromatic nitrogens is 2. The van der Waals surface area contributed by atoms with E-state index >= 15 is 0 Å². The average Bonchev–Trinajstić information content (AvgIpc) is 2.70. The molecule has 2 aromatic rings. The zero-order valence-corrected chi connectivity index (χ0v) is 11.3. The first-order chi connectivity index (χ1) is 8.97. The fraction of sp³-hybridized carbons (Fsp3) is 0.357. The Labute approximate surface area is 111 Å². The van der Waals surface area contributed by atoms with Crippen molar-refractivity contribution in [3.05, 3.63) is 41.5 Å². The SMILES string of the molecule is Cc1nn(C(C)C)cc1NCc1ccc(O)cc1F. The van der Waals surface area contributed by atoms with E-state index in [2.05, 4.69) is 24.3 Å². The lowest BCUT2D eigenvalue weighted by atomic mass is 10.2. The minimum absolute atomic E-state index is 0.0648. The lowest BCUT2D eigenvalue weighted by molar-refractivity contribution is 0.468. The van der Waals surface area contributed by atoms with E-state index in [1.165, 1.54) is 6.07 Å². The number of benzene rings is 1. The second-order valence-corrected chi connectivity index (χ2v) is 4.83. The van der Waals surface area contributed by atoms with Gasteiger partial charge in [0.15, 0.2) is 0 Å². The fourth-order valence-corrected chi connectivity index (χ4v) is 1.79. The third kappa shape index (κ3) is 3.05. The largest absolute Gasteiger partial charge is 0.508 e. The Hall–Kier alpha value is -2.04. The Bertz CT molecular complexity index is 578. The number of aromatic hydroxyl groups is 1. The number of anilines is 1. The summed E-state index contributed by atoms with van der Waals surface area (Å²) in [5, 5.41) is 16.7. The number of hydrogen-bond acceptors (Lipinski definition) is 3. The van der Waals surface area contributed by atoms with Gasteiger partial charge in [-0.05, 0) is 26.8 Å². The van der Waals surface area contributed by atoms with Crippen LogP contribution in [0.15, 0.2) is 24.4 Å². The van der Waals surface area contributed by atoms with Crippen LogP contribution in [0.4, 0.5) is 10.1 Å². The van der Waals surface area contributed by atoms with Gasteiger partial charge in [0.05, 0.1) is 11.4 Å². The van der Waals surface area contributed by atoms with Crippen LogP contribution in [0, 0.1) is 12.7 Å². The summed E-state index contributed by atoms with van der Waals surface area (Å²) in [6, 6.07) is 4.45. The van der Waals surface area contributed by atoms with E-state index in [1.54, 1.807) is 6.07 Å². The molecule has 5 heteroatoms. The van der Waals surface area contributed by atoms with E-state index in [1.807, 2.05) is 17.8 Å². The maximum atomic E-state index is 13.6. The molecule has 0 amide bonds. The van der Waals surface area contributed by atoms with E-state index in [0.717, 1.165) is 17.4 Å². The molecule has 0 saturated heterocycles. The second-order valence-electron chi connectivity index (χ2n) is 4.83. The highest BCUT2D eigenvalue weighted by Gasteiger charge is 2.08. The van der Waals surface area contributed by atoms with Crippen molar-refractivity contribution in [2.75, 3.05) is 5.32 Å². The van der Waals surface area contributed by atoms with Crippen molar-refractivity contribution in [3.63, 3.8) is 0 Å². The van der Waals surface area contributed by atoms with Crippen molar-refractivity contribution >= 4 is 5.69 Å². The first-order valence-corrected chi connectivity index (χ1v) is 6.24. The quantitative estimate of drug-likeness (QED) is 0.890. The lowest BCUT2D eigenvalue weighted by Gasteiger charge is -2.06. The molecule has 2 rings (SSSR count). The van der Waals surface area contributed by atoms with Crippen molar-refractivity contribution in [1.82, 2.24) is 9.78 Å². The van der Waals surface area contributed by atoms with E-state index in [0.29, 0.717) is 18.2 Å². The van der Waals surface area contributed by atoms with E-state index in [4.69, 9.17) is 5.11 Å². The van der Waals surface area contributed by atoms with Gasteiger partial charge in [-0.25, -0.2) is 4.39 Å². The van der Waals surface area contributed by atoms with Crippen LogP contribution in [0.25, 0.3) is 0 Å². The molecule has 0 spiro atoms. The standard InChI is InChI=1S/C14H18FN3O/c1-9(2)18-8-14(10(3)17-18)16-7-11-4-5-12(19)6-13(11)15/h4-6,8-9,16,19H,7H2,1-3H3. The summed E-state index contributed by atoms with van der Waals surface area (Å²) >= 11 is 0. The Morgan fingerprint density at radius 2 is 2.16 bits per heavy atom. The van der Waals surface area contributed by atoms with Gasteiger partial charge >= 0.3 is 0 Å². The molecule has 0 bridgehead atoms. The van der Waals surface area contributed by atoms with Crippen LogP contribution in [0.3, 0.4) is 0 Å². The third-order valence-corrected chi connectivity index (χ3v) is 2.95. The van der Waals surface area contributed by atoms with Crippen LogP contribution >= 0.6 is 0 Å². The van der Waals surface area contributed by atoms with Crippen LogP contribution in [0.2, 0.25) is 0 Å². The monoisotopic (exact) mass is 263 g/mol. The molecule has 0 radical (unpaired) electrons. The van der Waals surface area contributed by atoms with Crippen molar-refractivity contribution in [3.8, 4) is 5.75 Å². The highest BCUT2D eigenvalue weighted by molar-refractivity contribution is 5.46. The summed E-state index contributed by atoms with van der Waals surface area (Å²) in [6.07, 6.45) is 1.91. The Kier molecular flexibility index (Phi) is 3.74. The molecular formula is C14H18FN3O. The molecule has 19 heavy (non-hydrogen) atoms. The molecule has 0 aliphatic carbocycles. The summed E-state index contributed by atoms with van der Waals surface area (Å²) in [5.74, 6) is -0.480. The number of nitrogens with one attached hydrogen (secondary N) is 1. The molecule has 1 aromatic heterocycles. The smallest absolute Gasteiger partial charge is 0.131 e. The topological polar surface area (TPSA) is 50.1 Å². The van der Waals surface area contributed by atoms with Gasteiger partial charge in [-0.15, -0.1) is 0 Å². The number of hydrogen-bond donors (Lipinski definition) is 2. The molecule has 2 N–H and O–H groups in total. The van der Waals surface area contributed by atoms with E-state index in [9.17, 15) is 4.39 Å². The molecule has 102 valence electrons. The van der Waals surface area contributed by atoms with Crippen molar-refractivity contribution < 1.29 is 9.50 Å². The van der Waals surface area contributed by atoms with Gasteiger partial charge in [-0.3, -0.25) is 4.68 Å². The van der Waals surface area contributed by atoms with Crippen LogP contribution in [-0.4, -0.2) is 14.9 Å². The van der Waals surface area contributed by atoms with Crippen LogP contribution in [0.1, 0.15) is 31.1 Å². The fourth-order valence-electron chi connectivity index (χ4n) is 1.79. The summed E-state index contributed by atoms with van der Waals surface area (Å²) in [5.41, 5.74) is 2.28. The minimum Gasteiger partial charge on any atom is -0.508 e. The van der Waals surface area contributed by atoms with Crippen LogP contribution in [-0.2, 0) is 6.54 Å². The summed E-state index contributed by atoms with van der Waals surface area (Å²) < 4.78 is 15.4. The summed E-state index contributed by atoms with van der Waals surface area (Å²) in [4.78, 5) is 0. The maximum Gasteiger partial charge on any atom is 0.131 e. The first kappa shape index (κ1) is 13.4. The first-order valence-electron chi connectivity index (χ1n) is 6.24. The van der Waals surface area contributed by atoms with Gasteiger partial charge in [0, 0.05) is 30.4 Å². The van der Waals surface area contributed by atoms with E-state index in [-0.39, 0.29) is 5.75 Å². The van der Waals surface area contributed by atoms with Gasteiger partial charge in [0.2, 0.25) is 0 Å². The molecule has 0 aliphatic rings. The van der Waals surface area contributed by atoms with Gasteiger partial charge in [-0.2, -0.15) is 5.10 Å². The van der Waals surface area contributed by atoms with Gasteiger partial charge in [-0.1, -0.05) is 6.07 Å². The van der Waals surface area contributed by atoms with E-state index < -0.39 is 5.82 Å². The molecule has 0 saturated carbocycles. The molecule has 1 heterocycles. The summed E-state index contributed by atoms with van der Waals surface area (Å²) in [7, 11) is 0. The Morgan fingerprint density at radius 3 is 2.74 bits per heavy atom. The number of aryl methyl sites for hydroxylation is 1. The molecule has 4 nitrogen and oxygen atoms in total. The summed E-state index contributed by atoms with van der Waals surface area (Å²) in [6.45, 7) is 6.37. The highest BCUT2D eigenvalue weighted by atomic mass is 19.1. The molecular weight excluding hydrogens is 245 g/mol. The number of phenols is 1. The van der Waals surface area contributed by atoms with Gasteiger partial charge < -0.3 is 10.4 Å². The lowest BCUT2D eigenvalue weighted by Crippen LogP contribution is -2.02.